The van der Waals surface area contributed by atoms with Crippen molar-refractivity contribution in [2.75, 3.05) is 0 Å². The SMILES string of the molecule is O=C1CC(N(C(=O)c2cccc(F)c2)C2CC2)C(=O)N1. The van der Waals surface area contributed by atoms with Gasteiger partial charge in [0.05, 0.1) is 6.42 Å². The molecule has 20 heavy (non-hydrogen) atoms. The van der Waals surface area contributed by atoms with Crippen molar-refractivity contribution in [1.82, 2.24) is 10.2 Å². The van der Waals surface area contributed by atoms with E-state index in [0.717, 1.165) is 18.9 Å². The molecule has 1 aliphatic heterocycles. The van der Waals surface area contributed by atoms with Crippen LogP contribution in [0.4, 0.5) is 4.39 Å². The van der Waals surface area contributed by atoms with Crippen LogP contribution in [0.2, 0.25) is 0 Å². The third kappa shape index (κ3) is 2.29. The maximum Gasteiger partial charge on any atom is 0.254 e. The zero-order valence-electron chi connectivity index (χ0n) is 10.6. The van der Waals surface area contributed by atoms with Gasteiger partial charge in [-0.25, -0.2) is 4.39 Å². The summed E-state index contributed by atoms with van der Waals surface area (Å²) >= 11 is 0. The van der Waals surface area contributed by atoms with Crippen molar-refractivity contribution >= 4 is 17.7 Å². The van der Waals surface area contributed by atoms with Crippen LogP contribution in [0.15, 0.2) is 24.3 Å². The molecule has 0 radical (unpaired) electrons. The topological polar surface area (TPSA) is 66.5 Å². The van der Waals surface area contributed by atoms with Crippen LogP contribution >= 0.6 is 0 Å². The molecule has 1 aromatic carbocycles. The fraction of sp³-hybridized carbons (Fsp3) is 0.357. The third-order valence-electron chi connectivity index (χ3n) is 3.53. The summed E-state index contributed by atoms with van der Waals surface area (Å²) < 4.78 is 13.2. The Labute approximate surface area is 114 Å². The van der Waals surface area contributed by atoms with Gasteiger partial charge in [0.1, 0.15) is 11.9 Å². The first-order valence-corrected chi connectivity index (χ1v) is 6.48. The maximum absolute atomic E-state index is 13.2. The number of amides is 3. The van der Waals surface area contributed by atoms with E-state index in [-0.39, 0.29) is 23.9 Å². The Bertz CT molecular complexity index is 598. The van der Waals surface area contributed by atoms with Gasteiger partial charge in [-0.15, -0.1) is 0 Å². The van der Waals surface area contributed by atoms with Crippen LogP contribution in [-0.2, 0) is 9.59 Å². The van der Waals surface area contributed by atoms with Crippen LogP contribution < -0.4 is 5.32 Å². The Balaban J connectivity index is 1.89. The van der Waals surface area contributed by atoms with E-state index in [0.29, 0.717) is 0 Å². The summed E-state index contributed by atoms with van der Waals surface area (Å²) in [5, 5.41) is 2.20. The van der Waals surface area contributed by atoms with E-state index in [1.54, 1.807) is 0 Å². The molecule has 0 bridgehead atoms. The van der Waals surface area contributed by atoms with E-state index < -0.39 is 23.7 Å². The lowest BCUT2D eigenvalue weighted by atomic mass is 10.1. The molecular formula is C14H13FN2O3. The molecule has 2 fully saturated rings. The van der Waals surface area contributed by atoms with Crippen LogP contribution in [0.1, 0.15) is 29.6 Å². The van der Waals surface area contributed by atoms with Crippen LogP contribution in [-0.4, -0.2) is 34.7 Å². The second kappa shape index (κ2) is 4.70. The Hall–Kier alpha value is -2.24. The number of rotatable bonds is 3. The van der Waals surface area contributed by atoms with Crippen LogP contribution in [0.25, 0.3) is 0 Å². The normalized spacial score (nSPS) is 21.8. The number of benzene rings is 1. The molecule has 1 saturated carbocycles. The molecule has 1 aliphatic carbocycles. The number of hydrogen-bond donors (Lipinski definition) is 1. The highest BCUT2D eigenvalue weighted by molar-refractivity contribution is 6.08. The fourth-order valence-corrected chi connectivity index (χ4v) is 2.45. The highest BCUT2D eigenvalue weighted by Gasteiger charge is 2.44. The fourth-order valence-electron chi connectivity index (χ4n) is 2.45. The number of nitrogens with zero attached hydrogens (tertiary/aromatic N) is 1. The molecule has 1 heterocycles. The van der Waals surface area contributed by atoms with Gasteiger partial charge in [0, 0.05) is 11.6 Å². The summed E-state index contributed by atoms with van der Waals surface area (Å²) in [4.78, 5) is 37.0. The molecule has 3 amide bonds. The van der Waals surface area contributed by atoms with Gasteiger partial charge in [-0.2, -0.15) is 0 Å². The number of nitrogens with one attached hydrogen (secondary N) is 1. The molecule has 2 aliphatic rings. The van der Waals surface area contributed by atoms with Crippen molar-refractivity contribution in [2.45, 2.75) is 31.3 Å². The molecule has 6 heteroatoms. The quantitative estimate of drug-likeness (QED) is 0.832. The predicted molar refractivity (Wildman–Crippen MR) is 67.1 cm³/mol. The third-order valence-corrected chi connectivity index (χ3v) is 3.53. The highest BCUT2D eigenvalue weighted by atomic mass is 19.1. The molecule has 0 aromatic heterocycles. The smallest absolute Gasteiger partial charge is 0.254 e. The van der Waals surface area contributed by atoms with E-state index in [1.165, 1.54) is 23.1 Å². The standard InChI is InChI=1S/C14H13FN2O3/c15-9-3-1-2-8(6-9)14(20)17(10-4-5-10)11-7-12(18)16-13(11)19/h1-3,6,10-11H,4-5,7H2,(H,16,18,19). The largest absolute Gasteiger partial charge is 0.323 e. The maximum atomic E-state index is 13.2. The van der Waals surface area contributed by atoms with E-state index in [9.17, 15) is 18.8 Å². The predicted octanol–water partition coefficient (Wildman–Crippen LogP) is 0.845. The minimum absolute atomic E-state index is 0.0175. The van der Waals surface area contributed by atoms with Crippen molar-refractivity contribution in [2.24, 2.45) is 0 Å². The van der Waals surface area contributed by atoms with Crippen molar-refractivity contribution < 1.29 is 18.8 Å². The minimum Gasteiger partial charge on any atom is -0.323 e. The Kier molecular flexibility index (Phi) is 3.00. The van der Waals surface area contributed by atoms with Gasteiger partial charge < -0.3 is 4.90 Å². The van der Waals surface area contributed by atoms with Crippen molar-refractivity contribution in [1.29, 1.82) is 0 Å². The molecular weight excluding hydrogens is 263 g/mol. The second-order valence-electron chi connectivity index (χ2n) is 5.09. The average molecular weight is 276 g/mol. The van der Waals surface area contributed by atoms with Crippen LogP contribution in [0.3, 0.4) is 0 Å². The zero-order chi connectivity index (χ0) is 14.3. The lowest BCUT2D eigenvalue weighted by Gasteiger charge is -2.26. The molecule has 3 rings (SSSR count). The monoisotopic (exact) mass is 276 g/mol. The molecule has 104 valence electrons. The van der Waals surface area contributed by atoms with Crippen molar-refractivity contribution in [3.05, 3.63) is 35.6 Å². The van der Waals surface area contributed by atoms with E-state index in [1.807, 2.05) is 0 Å². The summed E-state index contributed by atoms with van der Waals surface area (Å²) in [6, 6.07) is 4.55. The van der Waals surface area contributed by atoms with E-state index in [4.69, 9.17) is 0 Å². The summed E-state index contributed by atoms with van der Waals surface area (Å²) in [5.74, 6) is -1.73. The number of carbonyl (C=O) groups excluding carboxylic acids is 3. The van der Waals surface area contributed by atoms with Crippen molar-refractivity contribution in [3.8, 4) is 0 Å². The van der Waals surface area contributed by atoms with Gasteiger partial charge in [-0.3, -0.25) is 19.7 Å². The van der Waals surface area contributed by atoms with Gasteiger partial charge in [-0.05, 0) is 31.0 Å². The zero-order valence-corrected chi connectivity index (χ0v) is 10.6. The summed E-state index contributed by atoms with van der Waals surface area (Å²) in [7, 11) is 0. The highest BCUT2D eigenvalue weighted by Crippen LogP contribution is 2.32. The summed E-state index contributed by atoms with van der Waals surface area (Å²) in [6.07, 6.45) is 1.59. The summed E-state index contributed by atoms with van der Waals surface area (Å²) in [6.45, 7) is 0. The lowest BCUT2D eigenvalue weighted by Crippen LogP contribution is -2.45. The minimum atomic E-state index is -0.772. The first-order chi connectivity index (χ1) is 9.56. The molecule has 1 saturated heterocycles. The molecule has 0 spiro atoms. The van der Waals surface area contributed by atoms with Gasteiger partial charge in [0.2, 0.25) is 11.8 Å². The first-order valence-electron chi connectivity index (χ1n) is 6.48. The number of hydrogen-bond acceptors (Lipinski definition) is 3. The number of imide groups is 1. The molecule has 1 atom stereocenters. The summed E-state index contributed by atoms with van der Waals surface area (Å²) in [5.41, 5.74) is 0.198. The van der Waals surface area contributed by atoms with Crippen molar-refractivity contribution in [3.63, 3.8) is 0 Å². The van der Waals surface area contributed by atoms with Gasteiger partial charge in [0.15, 0.2) is 0 Å². The Morgan fingerprint density at radius 1 is 1.30 bits per heavy atom. The van der Waals surface area contributed by atoms with E-state index in [2.05, 4.69) is 5.32 Å². The molecule has 1 unspecified atom stereocenters. The van der Waals surface area contributed by atoms with Crippen LogP contribution in [0, 0.1) is 5.82 Å². The number of halogens is 1. The number of carbonyl (C=O) groups is 3. The van der Waals surface area contributed by atoms with Gasteiger partial charge in [-0.1, -0.05) is 6.07 Å². The average Bonchev–Trinajstić information content (AvgIpc) is 3.16. The molecule has 5 nitrogen and oxygen atoms in total. The van der Waals surface area contributed by atoms with Crippen LogP contribution in [0.5, 0.6) is 0 Å². The molecule has 1 aromatic rings. The molecule has 1 N–H and O–H groups in total. The first kappa shape index (κ1) is 12.8. The van der Waals surface area contributed by atoms with E-state index >= 15 is 0 Å². The second-order valence-corrected chi connectivity index (χ2v) is 5.09. The Morgan fingerprint density at radius 2 is 2.05 bits per heavy atom. The van der Waals surface area contributed by atoms with Gasteiger partial charge in [0.25, 0.3) is 5.91 Å². The lowest BCUT2D eigenvalue weighted by molar-refractivity contribution is -0.126. The van der Waals surface area contributed by atoms with Gasteiger partial charge >= 0.3 is 0 Å². The Morgan fingerprint density at radius 3 is 2.60 bits per heavy atom.